The molecule has 0 saturated carbocycles. The Morgan fingerprint density at radius 3 is 2.41 bits per heavy atom. The number of amides is 3. The van der Waals surface area contributed by atoms with E-state index in [1.807, 2.05) is 36.4 Å². The third-order valence-electron chi connectivity index (χ3n) is 3.40. The molecule has 2 rings (SSSR count). The van der Waals surface area contributed by atoms with Crippen LogP contribution >= 0.6 is 0 Å². The number of imide groups is 1. The number of carbonyl (C=O) groups excluding carboxylic acids is 3. The lowest BCUT2D eigenvalue weighted by Crippen LogP contribution is -2.49. The van der Waals surface area contributed by atoms with Gasteiger partial charge in [0.25, 0.3) is 5.91 Å². The average Bonchev–Trinajstić information content (AvgIpc) is 3.06. The molecule has 0 atom stereocenters. The van der Waals surface area contributed by atoms with Crippen LogP contribution in [0.1, 0.15) is 33.0 Å². The lowest BCUT2D eigenvalue weighted by molar-refractivity contribution is -0.148. The van der Waals surface area contributed by atoms with Crippen LogP contribution in [0, 0.1) is 0 Å². The van der Waals surface area contributed by atoms with E-state index < -0.39 is 30.1 Å². The number of benzene rings is 1. The summed E-state index contributed by atoms with van der Waals surface area (Å²) in [6, 6.07) is 12.6. The molecule has 1 aromatic carbocycles. The van der Waals surface area contributed by atoms with Crippen molar-refractivity contribution in [2.24, 2.45) is 0 Å². The fraction of sp³-hybridized carbons (Fsp3) is 0.350. The number of urea groups is 1. The molecule has 0 spiro atoms. The van der Waals surface area contributed by atoms with E-state index in [2.05, 4.69) is 10.6 Å². The van der Waals surface area contributed by atoms with Gasteiger partial charge in [0.2, 0.25) is 0 Å². The third-order valence-corrected chi connectivity index (χ3v) is 3.40. The number of hydrogen-bond donors (Lipinski definition) is 2. The number of hydrogen-bond acceptors (Lipinski definition) is 5. The first-order valence-corrected chi connectivity index (χ1v) is 8.65. The summed E-state index contributed by atoms with van der Waals surface area (Å²) in [5.74, 6) is 0.150. The van der Waals surface area contributed by atoms with Crippen LogP contribution in [0.2, 0.25) is 0 Å². The number of ether oxygens (including phenoxy) is 1. The van der Waals surface area contributed by atoms with E-state index in [0.29, 0.717) is 12.2 Å². The molecular weight excluding hydrogens is 348 g/mol. The highest BCUT2D eigenvalue weighted by atomic mass is 16.5. The number of aryl methyl sites for hydroxylation is 1. The van der Waals surface area contributed by atoms with Crippen LogP contribution in [0.15, 0.2) is 46.9 Å². The van der Waals surface area contributed by atoms with Crippen LogP contribution in [0.25, 0.3) is 11.3 Å². The maximum Gasteiger partial charge on any atom is 0.321 e. The van der Waals surface area contributed by atoms with Crippen molar-refractivity contribution in [2.45, 2.75) is 39.2 Å². The molecule has 27 heavy (non-hydrogen) atoms. The number of rotatable bonds is 6. The second-order valence-corrected chi connectivity index (χ2v) is 7.04. The molecule has 0 bridgehead atoms. The van der Waals surface area contributed by atoms with E-state index >= 15 is 0 Å². The molecule has 2 aromatic rings. The van der Waals surface area contributed by atoms with Gasteiger partial charge < -0.3 is 14.5 Å². The Balaban J connectivity index is 1.71. The predicted octanol–water partition coefficient (Wildman–Crippen LogP) is 3.05. The van der Waals surface area contributed by atoms with Crippen LogP contribution < -0.4 is 10.6 Å². The largest absolute Gasteiger partial charge is 0.461 e. The summed E-state index contributed by atoms with van der Waals surface area (Å²) in [6.07, 6.45) is 0.432. The molecular formula is C20H24N2O5. The van der Waals surface area contributed by atoms with Gasteiger partial charge in [-0.15, -0.1) is 0 Å². The fourth-order valence-corrected chi connectivity index (χ4v) is 2.25. The van der Waals surface area contributed by atoms with Gasteiger partial charge in [-0.2, -0.15) is 0 Å². The highest BCUT2D eigenvalue weighted by Crippen LogP contribution is 2.22. The van der Waals surface area contributed by atoms with E-state index in [4.69, 9.17) is 9.15 Å². The van der Waals surface area contributed by atoms with Crippen molar-refractivity contribution < 1.29 is 23.5 Å². The van der Waals surface area contributed by atoms with Gasteiger partial charge in [0.15, 0.2) is 6.61 Å². The summed E-state index contributed by atoms with van der Waals surface area (Å²) < 4.78 is 10.6. The molecule has 7 heteroatoms. The lowest BCUT2D eigenvalue weighted by Gasteiger charge is -2.20. The number of carbonyl (C=O) groups is 3. The predicted molar refractivity (Wildman–Crippen MR) is 99.9 cm³/mol. The summed E-state index contributed by atoms with van der Waals surface area (Å²) in [6.45, 7) is 4.85. The maximum absolute atomic E-state index is 11.8. The van der Waals surface area contributed by atoms with Crippen molar-refractivity contribution in [1.29, 1.82) is 0 Å². The van der Waals surface area contributed by atoms with E-state index in [-0.39, 0.29) is 6.42 Å². The maximum atomic E-state index is 11.8. The zero-order valence-corrected chi connectivity index (χ0v) is 15.7. The summed E-state index contributed by atoms with van der Waals surface area (Å²) in [5.41, 5.74) is 0.486. The molecule has 3 amide bonds. The van der Waals surface area contributed by atoms with Crippen LogP contribution in [0.5, 0.6) is 0 Å². The summed E-state index contributed by atoms with van der Waals surface area (Å²) in [5, 5.41) is 4.68. The molecule has 0 aliphatic heterocycles. The molecule has 144 valence electrons. The zero-order valence-electron chi connectivity index (χ0n) is 15.7. The molecule has 0 aliphatic rings. The average molecular weight is 372 g/mol. The zero-order chi connectivity index (χ0) is 19.9. The summed E-state index contributed by atoms with van der Waals surface area (Å²) in [7, 11) is 0. The van der Waals surface area contributed by atoms with Gasteiger partial charge in [0.05, 0.1) is 6.42 Å². The standard InChI is InChI=1S/C20H24N2O5/c1-20(2,3)22-19(25)21-17(23)13-26-18(24)12-10-15-9-11-16(27-15)14-7-5-4-6-8-14/h4-9,11H,10,12-13H2,1-3H3,(H2,21,22,23,25). The molecule has 7 nitrogen and oxygen atoms in total. The smallest absolute Gasteiger partial charge is 0.321 e. The molecule has 0 fully saturated rings. The minimum absolute atomic E-state index is 0.0726. The van der Waals surface area contributed by atoms with Crippen LogP contribution in [-0.2, 0) is 20.7 Å². The van der Waals surface area contributed by atoms with Crippen molar-refractivity contribution in [3.05, 3.63) is 48.2 Å². The van der Waals surface area contributed by atoms with E-state index in [0.717, 1.165) is 11.3 Å². The van der Waals surface area contributed by atoms with E-state index in [1.165, 1.54) is 0 Å². The lowest BCUT2D eigenvalue weighted by atomic mass is 10.1. The first-order valence-electron chi connectivity index (χ1n) is 8.65. The van der Waals surface area contributed by atoms with Crippen molar-refractivity contribution in [3.63, 3.8) is 0 Å². The molecule has 1 aromatic heterocycles. The second kappa shape index (κ2) is 9.02. The van der Waals surface area contributed by atoms with Gasteiger partial charge in [-0.3, -0.25) is 14.9 Å². The van der Waals surface area contributed by atoms with Crippen molar-refractivity contribution in [3.8, 4) is 11.3 Å². The van der Waals surface area contributed by atoms with Gasteiger partial charge >= 0.3 is 12.0 Å². The van der Waals surface area contributed by atoms with Gasteiger partial charge in [0.1, 0.15) is 11.5 Å². The molecule has 0 saturated heterocycles. The van der Waals surface area contributed by atoms with E-state index in [1.54, 1.807) is 26.8 Å². The quantitative estimate of drug-likeness (QED) is 0.760. The normalized spacial score (nSPS) is 10.9. The SMILES string of the molecule is CC(C)(C)NC(=O)NC(=O)COC(=O)CCc1ccc(-c2ccccc2)o1. The number of furan rings is 1. The topological polar surface area (TPSA) is 97.6 Å². The Morgan fingerprint density at radius 2 is 1.74 bits per heavy atom. The molecule has 0 aliphatic carbocycles. The fourth-order valence-electron chi connectivity index (χ4n) is 2.25. The van der Waals surface area contributed by atoms with E-state index in [9.17, 15) is 14.4 Å². The van der Waals surface area contributed by atoms with Crippen molar-refractivity contribution in [1.82, 2.24) is 10.6 Å². The Kier molecular flexibility index (Phi) is 6.76. The highest BCUT2D eigenvalue weighted by molar-refractivity contribution is 5.95. The Bertz CT molecular complexity index is 790. The van der Waals surface area contributed by atoms with Crippen LogP contribution in [0.4, 0.5) is 4.79 Å². The second-order valence-electron chi connectivity index (χ2n) is 7.04. The Labute approximate surface area is 158 Å². The Hall–Kier alpha value is -3.09. The number of nitrogens with one attached hydrogen (secondary N) is 2. The highest BCUT2D eigenvalue weighted by Gasteiger charge is 2.16. The monoisotopic (exact) mass is 372 g/mol. The molecule has 0 unspecified atom stereocenters. The van der Waals surface area contributed by atoms with Gasteiger partial charge in [-0.1, -0.05) is 30.3 Å². The minimum atomic E-state index is -0.686. The van der Waals surface area contributed by atoms with Crippen LogP contribution in [-0.4, -0.2) is 30.1 Å². The van der Waals surface area contributed by atoms with Crippen LogP contribution in [0.3, 0.4) is 0 Å². The van der Waals surface area contributed by atoms with Crippen molar-refractivity contribution in [2.75, 3.05) is 6.61 Å². The summed E-state index contributed by atoms with van der Waals surface area (Å²) >= 11 is 0. The first kappa shape index (κ1) is 20.2. The summed E-state index contributed by atoms with van der Waals surface area (Å²) in [4.78, 5) is 34.9. The van der Waals surface area contributed by atoms with Gasteiger partial charge in [-0.25, -0.2) is 4.79 Å². The van der Waals surface area contributed by atoms with Gasteiger partial charge in [-0.05, 0) is 32.9 Å². The Morgan fingerprint density at radius 1 is 1.04 bits per heavy atom. The molecule has 2 N–H and O–H groups in total. The first-order chi connectivity index (χ1) is 12.7. The van der Waals surface area contributed by atoms with Gasteiger partial charge in [0, 0.05) is 17.5 Å². The molecule has 0 radical (unpaired) electrons. The van der Waals surface area contributed by atoms with Crippen molar-refractivity contribution >= 4 is 17.9 Å². The third kappa shape index (κ3) is 7.35. The molecule has 1 heterocycles. The number of esters is 1. The minimum Gasteiger partial charge on any atom is -0.461 e.